The van der Waals surface area contributed by atoms with Crippen LogP contribution in [0.1, 0.15) is 36.4 Å². The molecule has 2 N–H and O–H groups in total. The highest BCUT2D eigenvalue weighted by atomic mass is 32.1. The summed E-state index contributed by atoms with van der Waals surface area (Å²) < 4.78 is 0. The Labute approximate surface area is 94.5 Å². The average molecular weight is 226 g/mol. The molecule has 2 atom stereocenters. The van der Waals surface area contributed by atoms with Gasteiger partial charge in [0.15, 0.2) is 0 Å². The summed E-state index contributed by atoms with van der Waals surface area (Å²) in [5, 5.41) is 16.0. The smallest absolute Gasteiger partial charge is 0.0971 e. The second-order valence-corrected chi connectivity index (χ2v) is 5.16. The van der Waals surface area contributed by atoms with Gasteiger partial charge in [-0.25, -0.2) is 4.98 Å². The Morgan fingerprint density at radius 2 is 2.60 bits per heavy atom. The molecule has 1 aliphatic rings. The third-order valence-corrected chi connectivity index (χ3v) is 3.78. The maximum absolute atomic E-state index is 9.28. The molecule has 1 saturated heterocycles. The second kappa shape index (κ2) is 5.05. The molecule has 1 aromatic heterocycles. The molecule has 0 saturated carbocycles. The van der Waals surface area contributed by atoms with Gasteiger partial charge in [-0.1, -0.05) is 0 Å². The number of rotatable bonds is 3. The molecular weight excluding hydrogens is 208 g/mol. The van der Waals surface area contributed by atoms with Gasteiger partial charge in [-0.2, -0.15) is 0 Å². The highest BCUT2D eigenvalue weighted by Gasteiger charge is 2.18. The quantitative estimate of drug-likeness (QED) is 0.821. The lowest BCUT2D eigenvalue weighted by Crippen LogP contribution is -2.28. The van der Waals surface area contributed by atoms with Crippen molar-refractivity contribution in [1.82, 2.24) is 10.3 Å². The Bertz CT molecular complexity index is 305. The molecule has 1 fully saturated rings. The fraction of sp³-hybridized carbons (Fsp3) is 0.727. The standard InChI is InChI=1S/C11H18N2OS/c1-8(14)5-10-7-15-11(13-10)9-3-2-4-12-6-9/h7-9,12,14H,2-6H2,1H3. The molecule has 15 heavy (non-hydrogen) atoms. The minimum absolute atomic E-state index is 0.288. The lowest BCUT2D eigenvalue weighted by atomic mass is 10.0. The van der Waals surface area contributed by atoms with Gasteiger partial charge >= 0.3 is 0 Å². The number of hydrogen-bond donors (Lipinski definition) is 2. The van der Waals surface area contributed by atoms with Gasteiger partial charge in [-0.05, 0) is 26.3 Å². The highest BCUT2D eigenvalue weighted by Crippen LogP contribution is 2.26. The van der Waals surface area contributed by atoms with Crippen LogP contribution in [0.2, 0.25) is 0 Å². The van der Waals surface area contributed by atoms with E-state index in [2.05, 4.69) is 15.7 Å². The highest BCUT2D eigenvalue weighted by molar-refractivity contribution is 7.09. The van der Waals surface area contributed by atoms with E-state index in [1.807, 2.05) is 0 Å². The molecule has 0 aromatic carbocycles. The van der Waals surface area contributed by atoms with Crippen molar-refractivity contribution < 1.29 is 5.11 Å². The summed E-state index contributed by atoms with van der Waals surface area (Å²) in [4.78, 5) is 4.59. The molecule has 1 aromatic rings. The number of hydrogen-bond acceptors (Lipinski definition) is 4. The summed E-state index contributed by atoms with van der Waals surface area (Å²) >= 11 is 1.74. The summed E-state index contributed by atoms with van der Waals surface area (Å²) in [6.45, 7) is 4.01. The Kier molecular flexibility index (Phi) is 3.72. The van der Waals surface area contributed by atoms with Crippen LogP contribution in [0.5, 0.6) is 0 Å². The van der Waals surface area contributed by atoms with Crippen LogP contribution in [-0.4, -0.2) is 29.3 Å². The number of piperidine rings is 1. The van der Waals surface area contributed by atoms with E-state index in [9.17, 15) is 5.11 Å². The molecule has 0 aliphatic carbocycles. The fourth-order valence-electron chi connectivity index (χ4n) is 1.97. The first kappa shape index (κ1) is 11.0. The molecule has 2 unspecified atom stereocenters. The summed E-state index contributed by atoms with van der Waals surface area (Å²) in [6.07, 6.45) is 2.88. The molecule has 84 valence electrons. The topological polar surface area (TPSA) is 45.1 Å². The third kappa shape index (κ3) is 3.00. The van der Waals surface area contributed by atoms with E-state index >= 15 is 0 Å². The molecule has 2 heterocycles. The first-order valence-corrected chi connectivity index (χ1v) is 6.46. The lowest BCUT2D eigenvalue weighted by molar-refractivity contribution is 0.194. The van der Waals surface area contributed by atoms with Gasteiger partial charge in [0.25, 0.3) is 0 Å². The van der Waals surface area contributed by atoms with Crippen LogP contribution < -0.4 is 5.32 Å². The van der Waals surface area contributed by atoms with Gasteiger partial charge in [-0.15, -0.1) is 11.3 Å². The van der Waals surface area contributed by atoms with Crippen LogP contribution in [0.3, 0.4) is 0 Å². The summed E-state index contributed by atoms with van der Waals surface area (Å²) in [6, 6.07) is 0. The van der Waals surface area contributed by atoms with Crippen molar-refractivity contribution in [2.24, 2.45) is 0 Å². The average Bonchev–Trinajstić information content (AvgIpc) is 2.67. The molecule has 0 spiro atoms. The van der Waals surface area contributed by atoms with Gasteiger partial charge in [0.2, 0.25) is 0 Å². The first-order valence-electron chi connectivity index (χ1n) is 5.59. The van der Waals surface area contributed by atoms with E-state index in [1.165, 1.54) is 17.8 Å². The van der Waals surface area contributed by atoms with Gasteiger partial charge in [0.05, 0.1) is 16.8 Å². The zero-order valence-corrected chi connectivity index (χ0v) is 9.89. The molecule has 0 amide bonds. The number of nitrogens with one attached hydrogen (secondary N) is 1. The van der Waals surface area contributed by atoms with Crippen molar-refractivity contribution in [3.8, 4) is 0 Å². The number of aliphatic hydroxyl groups excluding tert-OH is 1. The van der Waals surface area contributed by atoms with Crippen molar-refractivity contribution in [2.75, 3.05) is 13.1 Å². The summed E-state index contributed by atoms with van der Waals surface area (Å²) in [5.74, 6) is 0.589. The van der Waals surface area contributed by atoms with Crippen LogP contribution in [0.4, 0.5) is 0 Å². The third-order valence-electron chi connectivity index (χ3n) is 2.72. The van der Waals surface area contributed by atoms with E-state index < -0.39 is 0 Å². The number of nitrogens with zero attached hydrogens (tertiary/aromatic N) is 1. The van der Waals surface area contributed by atoms with Gasteiger partial charge in [0, 0.05) is 24.3 Å². The van der Waals surface area contributed by atoms with E-state index in [4.69, 9.17) is 0 Å². The molecule has 3 nitrogen and oxygen atoms in total. The molecule has 4 heteroatoms. The van der Waals surface area contributed by atoms with Crippen molar-refractivity contribution >= 4 is 11.3 Å². The minimum atomic E-state index is -0.288. The zero-order valence-electron chi connectivity index (χ0n) is 9.07. The SMILES string of the molecule is CC(O)Cc1csc(C2CCCNC2)n1. The van der Waals surface area contributed by atoms with E-state index in [0.29, 0.717) is 12.3 Å². The maximum atomic E-state index is 9.28. The van der Waals surface area contributed by atoms with Crippen molar-refractivity contribution in [1.29, 1.82) is 0 Å². The van der Waals surface area contributed by atoms with Crippen molar-refractivity contribution in [3.63, 3.8) is 0 Å². The van der Waals surface area contributed by atoms with Crippen LogP contribution in [0.25, 0.3) is 0 Å². The van der Waals surface area contributed by atoms with Crippen molar-refractivity contribution in [3.05, 3.63) is 16.1 Å². The van der Waals surface area contributed by atoms with E-state index in [0.717, 1.165) is 18.8 Å². The number of aliphatic hydroxyl groups is 1. The lowest BCUT2D eigenvalue weighted by Gasteiger charge is -2.20. The van der Waals surface area contributed by atoms with E-state index in [1.54, 1.807) is 18.3 Å². The zero-order chi connectivity index (χ0) is 10.7. The van der Waals surface area contributed by atoms with Crippen LogP contribution in [0, 0.1) is 0 Å². The molecule has 0 bridgehead atoms. The largest absolute Gasteiger partial charge is 0.393 e. The van der Waals surface area contributed by atoms with Gasteiger partial charge in [-0.3, -0.25) is 0 Å². The predicted octanol–water partition coefficient (Wildman–Crippen LogP) is 1.53. The second-order valence-electron chi connectivity index (χ2n) is 4.27. The number of thiazole rings is 1. The Hall–Kier alpha value is -0.450. The Balaban J connectivity index is 1.99. The molecular formula is C11H18N2OS. The molecule has 1 aliphatic heterocycles. The van der Waals surface area contributed by atoms with Gasteiger partial charge < -0.3 is 10.4 Å². The monoisotopic (exact) mass is 226 g/mol. The van der Waals surface area contributed by atoms with Crippen LogP contribution in [-0.2, 0) is 6.42 Å². The maximum Gasteiger partial charge on any atom is 0.0971 e. The first-order chi connectivity index (χ1) is 7.25. The van der Waals surface area contributed by atoms with Crippen molar-refractivity contribution in [2.45, 2.75) is 38.2 Å². The fourth-order valence-corrected chi connectivity index (χ4v) is 2.94. The minimum Gasteiger partial charge on any atom is -0.393 e. The van der Waals surface area contributed by atoms with Crippen LogP contribution >= 0.6 is 11.3 Å². The molecule has 2 rings (SSSR count). The number of aromatic nitrogens is 1. The molecule has 0 radical (unpaired) electrons. The summed E-state index contributed by atoms with van der Waals surface area (Å²) in [7, 11) is 0. The normalized spacial score (nSPS) is 24.0. The Morgan fingerprint density at radius 1 is 1.73 bits per heavy atom. The summed E-state index contributed by atoms with van der Waals surface area (Å²) in [5.41, 5.74) is 1.04. The predicted molar refractivity (Wildman–Crippen MR) is 62.3 cm³/mol. The Morgan fingerprint density at radius 3 is 3.27 bits per heavy atom. The van der Waals surface area contributed by atoms with Gasteiger partial charge in [0.1, 0.15) is 0 Å². The van der Waals surface area contributed by atoms with E-state index in [-0.39, 0.29) is 6.10 Å². The van der Waals surface area contributed by atoms with Crippen LogP contribution in [0.15, 0.2) is 5.38 Å².